The highest BCUT2D eigenvalue weighted by Crippen LogP contribution is 2.34. The van der Waals surface area contributed by atoms with Gasteiger partial charge in [0.05, 0.1) is 6.10 Å². The Morgan fingerprint density at radius 3 is 2.76 bits per heavy atom. The predicted molar refractivity (Wildman–Crippen MR) is 70.6 cm³/mol. The highest BCUT2D eigenvalue weighted by atomic mass is 79.9. The molecule has 0 bridgehead atoms. The Bertz CT molecular complexity index is 495. The minimum absolute atomic E-state index is 0.164. The molecule has 2 rings (SSSR count). The average Bonchev–Trinajstić information content (AvgIpc) is 3.01. The van der Waals surface area contributed by atoms with Crippen molar-refractivity contribution in [2.45, 2.75) is 23.2 Å². The summed E-state index contributed by atoms with van der Waals surface area (Å²) < 4.78 is 26.5. The zero-order valence-corrected chi connectivity index (χ0v) is 12.6. The summed E-state index contributed by atoms with van der Waals surface area (Å²) in [5.74, 6) is 0.277. The van der Waals surface area contributed by atoms with Crippen molar-refractivity contribution in [3.63, 3.8) is 0 Å². The number of aliphatic hydroxyl groups excluding tert-OH is 1. The van der Waals surface area contributed by atoms with Crippen LogP contribution in [0.25, 0.3) is 0 Å². The van der Waals surface area contributed by atoms with Gasteiger partial charge in [-0.1, -0.05) is 0 Å². The van der Waals surface area contributed by atoms with Gasteiger partial charge in [0.2, 0.25) is 0 Å². The standard InChI is InChI=1S/C10H14BrNO3S2/c1-12(6-9(13)7-2-3-7)17(14,15)10-8(11)4-5-16-10/h4-5,7,9,13H,2-3,6H2,1H3. The highest BCUT2D eigenvalue weighted by molar-refractivity contribution is 9.10. The minimum atomic E-state index is -3.48. The smallest absolute Gasteiger partial charge is 0.253 e. The molecule has 1 heterocycles. The van der Waals surface area contributed by atoms with Crippen LogP contribution in [-0.2, 0) is 10.0 Å². The van der Waals surface area contributed by atoms with Crippen LogP contribution in [0.1, 0.15) is 12.8 Å². The van der Waals surface area contributed by atoms with E-state index in [1.165, 1.54) is 22.7 Å². The molecule has 1 saturated carbocycles. The molecule has 1 aromatic rings. The Morgan fingerprint density at radius 2 is 2.29 bits per heavy atom. The topological polar surface area (TPSA) is 57.6 Å². The van der Waals surface area contributed by atoms with Gasteiger partial charge in [-0.05, 0) is 46.1 Å². The lowest BCUT2D eigenvalue weighted by Gasteiger charge is -2.19. The molecule has 1 atom stereocenters. The summed E-state index contributed by atoms with van der Waals surface area (Å²) >= 11 is 4.40. The Balaban J connectivity index is 2.12. The van der Waals surface area contributed by atoms with Crippen molar-refractivity contribution in [2.24, 2.45) is 5.92 Å². The third kappa shape index (κ3) is 2.90. The summed E-state index contributed by atoms with van der Waals surface area (Å²) in [6.45, 7) is 0.164. The number of aliphatic hydroxyl groups is 1. The van der Waals surface area contributed by atoms with Crippen LogP contribution in [0.5, 0.6) is 0 Å². The fraction of sp³-hybridized carbons (Fsp3) is 0.600. The largest absolute Gasteiger partial charge is 0.391 e. The second kappa shape index (κ2) is 4.97. The maximum atomic E-state index is 12.2. The normalized spacial score (nSPS) is 18.6. The monoisotopic (exact) mass is 339 g/mol. The molecule has 0 amide bonds. The van der Waals surface area contributed by atoms with Gasteiger partial charge in [-0.3, -0.25) is 0 Å². The molecule has 96 valence electrons. The van der Waals surface area contributed by atoms with E-state index in [9.17, 15) is 13.5 Å². The van der Waals surface area contributed by atoms with Gasteiger partial charge in [0.1, 0.15) is 4.21 Å². The summed E-state index contributed by atoms with van der Waals surface area (Å²) in [6, 6.07) is 1.71. The number of nitrogens with zero attached hydrogens (tertiary/aromatic N) is 1. The Labute approximate surface area is 113 Å². The van der Waals surface area contributed by atoms with Crippen LogP contribution < -0.4 is 0 Å². The first-order valence-corrected chi connectivity index (χ1v) is 8.41. The molecule has 0 radical (unpaired) electrons. The molecule has 1 aliphatic rings. The molecule has 0 spiro atoms. The Morgan fingerprint density at radius 1 is 1.65 bits per heavy atom. The van der Waals surface area contributed by atoms with E-state index in [0.717, 1.165) is 12.8 Å². The van der Waals surface area contributed by atoms with E-state index in [2.05, 4.69) is 15.9 Å². The van der Waals surface area contributed by atoms with Crippen LogP contribution in [0, 0.1) is 5.92 Å². The van der Waals surface area contributed by atoms with Gasteiger partial charge in [0.25, 0.3) is 10.0 Å². The maximum absolute atomic E-state index is 12.2. The van der Waals surface area contributed by atoms with Crippen LogP contribution in [0.15, 0.2) is 20.1 Å². The molecule has 17 heavy (non-hydrogen) atoms. The Kier molecular flexibility index (Phi) is 3.94. The summed E-state index contributed by atoms with van der Waals surface area (Å²) in [5, 5.41) is 11.5. The second-order valence-electron chi connectivity index (χ2n) is 4.25. The Hall–Kier alpha value is 0.0500. The lowest BCUT2D eigenvalue weighted by molar-refractivity contribution is 0.131. The first-order valence-electron chi connectivity index (χ1n) is 5.30. The van der Waals surface area contributed by atoms with Crippen molar-refractivity contribution >= 4 is 37.3 Å². The first kappa shape index (κ1) is 13.5. The van der Waals surface area contributed by atoms with Gasteiger partial charge in [0, 0.05) is 18.1 Å². The van der Waals surface area contributed by atoms with Gasteiger partial charge in [-0.2, -0.15) is 4.31 Å². The quantitative estimate of drug-likeness (QED) is 0.891. The fourth-order valence-corrected chi connectivity index (χ4v) is 5.29. The number of halogens is 1. The maximum Gasteiger partial charge on any atom is 0.253 e. The summed E-state index contributed by atoms with van der Waals surface area (Å²) in [6.07, 6.45) is 1.45. The average molecular weight is 340 g/mol. The first-order chi connectivity index (χ1) is 7.93. The molecule has 0 aliphatic heterocycles. The van der Waals surface area contributed by atoms with E-state index in [1.54, 1.807) is 11.4 Å². The van der Waals surface area contributed by atoms with E-state index in [-0.39, 0.29) is 12.5 Å². The minimum Gasteiger partial charge on any atom is -0.391 e. The number of rotatable bonds is 5. The third-order valence-corrected chi connectivity index (χ3v) is 7.31. The molecule has 0 aromatic carbocycles. The van der Waals surface area contributed by atoms with Gasteiger partial charge in [-0.15, -0.1) is 11.3 Å². The number of sulfonamides is 1. The number of hydrogen-bond acceptors (Lipinski definition) is 4. The van der Waals surface area contributed by atoms with E-state index in [4.69, 9.17) is 0 Å². The lowest BCUT2D eigenvalue weighted by Crippen LogP contribution is -2.35. The van der Waals surface area contributed by atoms with E-state index >= 15 is 0 Å². The van der Waals surface area contributed by atoms with Crippen LogP contribution in [-0.4, -0.2) is 37.5 Å². The van der Waals surface area contributed by atoms with Crippen molar-refractivity contribution in [1.29, 1.82) is 0 Å². The molecule has 1 aromatic heterocycles. The number of thiophene rings is 1. The molecule has 4 nitrogen and oxygen atoms in total. The van der Waals surface area contributed by atoms with E-state index in [1.807, 2.05) is 0 Å². The molecule has 7 heteroatoms. The summed E-state index contributed by atoms with van der Waals surface area (Å²) in [4.78, 5) is 0. The zero-order valence-electron chi connectivity index (χ0n) is 9.34. The van der Waals surface area contributed by atoms with Gasteiger partial charge >= 0.3 is 0 Å². The third-order valence-electron chi connectivity index (χ3n) is 2.84. The van der Waals surface area contributed by atoms with Crippen molar-refractivity contribution in [3.05, 3.63) is 15.9 Å². The van der Waals surface area contributed by atoms with Crippen LogP contribution in [0.4, 0.5) is 0 Å². The fourth-order valence-electron chi connectivity index (χ4n) is 1.60. The van der Waals surface area contributed by atoms with Crippen molar-refractivity contribution in [3.8, 4) is 0 Å². The highest BCUT2D eigenvalue weighted by Gasteiger charge is 2.33. The SMILES string of the molecule is CN(CC(O)C1CC1)S(=O)(=O)c1sccc1Br. The molecular weight excluding hydrogens is 326 g/mol. The molecule has 1 N–H and O–H groups in total. The van der Waals surface area contributed by atoms with Crippen molar-refractivity contribution < 1.29 is 13.5 Å². The van der Waals surface area contributed by atoms with E-state index in [0.29, 0.717) is 8.68 Å². The molecule has 1 fully saturated rings. The lowest BCUT2D eigenvalue weighted by atomic mass is 10.2. The second-order valence-corrected chi connectivity index (χ2v) is 8.26. The zero-order chi connectivity index (χ0) is 12.6. The van der Waals surface area contributed by atoms with Crippen LogP contribution in [0.2, 0.25) is 0 Å². The van der Waals surface area contributed by atoms with Crippen LogP contribution in [0.3, 0.4) is 0 Å². The molecule has 1 unspecified atom stereocenters. The summed E-state index contributed by atoms with van der Waals surface area (Å²) in [7, 11) is -1.98. The van der Waals surface area contributed by atoms with Gasteiger partial charge in [0.15, 0.2) is 0 Å². The van der Waals surface area contributed by atoms with E-state index < -0.39 is 16.1 Å². The van der Waals surface area contributed by atoms with Crippen molar-refractivity contribution in [1.82, 2.24) is 4.31 Å². The predicted octanol–water partition coefficient (Wildman–Crippen LogP) is 1.90. The van der Waals surface area contributed by atoms with Gasteiger partial charge < -0.3 is 5.11 Å². The van der Waals surface area contributed by atoms with Crippen LogP contribution >= 0.6 is 27.3 Å². The molecule has 0 saturated heterocycles. The number of hydrogen-bond donors (Lipinski definition) is 1. The molecular formula is C10H14BrNO3S2. The number of likely N-dealkylation sites (N-methyl/N-ethyl adjacent to an activating group) is 1. The summed E-state index contributed by atoms with van der Waals surface area (Å²) in [5.41, 5.74) is 0. The van der Waals surface area contributed by atoms with Crippen molar-refractivity contribution in [2.75, 3.05) is 13.6 Å². The molecule has 1 aliphatic carbocycles. The van der Waals surface area contributed by atoms with Gasteiger partial charge in [-0.25, -0.2) is 8.42 Å².